The maximum atomic E-state index is 5.77. The van der Waals surface area contributed by atoms with Crippen molar-refractivity contribution in [3.05, 3.63) is 40.7 Å². The van der Waals surface area contributed by atoms with Crippen LogP contribution in [0.2, 0.25) is 0 Å². The van der Waals surface area contributed by atoms with Crippen molar-refractivity contribution < 1.29 is 0 Å². The molecule has 2 heterocycles. The van der Waals surface area contributed by atoms with E-state index in [1.165, 1.54) is 53.8 Å². The van der Waals surface area contributed by atoms with Gasteiger partial charge in [-0.2, -0.15) is 5.10 Å². The summed E-state index contributed by atoms with van der Waals surface area (Å²) in [5, 5.41) is 4.79. The molecule has 20 heavy (non-hydrogen) atoms. The predicted molar refractivity (Wildman–Crippen MR) is 80.8 cm³/mol. The average Bonchev–Trinajstić information content (AvgIpc) is 3.12. The third-order valence-corrected chi connectivity index (χ3v) is 4.68. The second kappa shape index (κ2) is 4.74. The fourth-order valence-corrected chi connectivity index (χ4v) is 3.76. The first-order valence-electron chi connectivity index (χ1n) is 7.77. The monoisotopic (exact) mass is 267 g/mol. The van der Waals surface area contributed by atoms with Gasteiger partial charge in [-0.25, -0.2) is 0 Å². The number of hydrogen-bond donors (Lipinski definition) is 1. The van der Waals surface area contributed by atoms with Gasteiger partial charge >= 0.3 is 0 Å². The van der Waals surface area contributed by atoms with Crippen molar-refractivity contribution in [2.24, 2.45) is 5.73 Å². The highest BCUT2D eigenvalue weighted by Crippen LogP contribution is 2.34. The molecule has 1 aliphatic heterocycles. The Morgan fingerprint density at radius 3 is 2.90 bits per heavy atom. The number of aromatic nitrogens is 2. The molecule has 0 radical (unpaired) electrons. The quantitative estimate of drug-likeness (QED) is 0.928. The second-order valence-electron chi connectivity index (χ2n) is 5.97. The van der Waals surface area contributed by atoms with Gasteiger partial charge in [-0.3, -0.25) is 4.68 Å². The molecule has 0 saturated carbocycles. The second-order valence-corrected chi connectivity index (χ2v) is 5.97. The number of nitrogens with two attached hydrogens (primary N) is 1. The predicted octanol–water partition coefficient (Wildman–Crippen LogP) is 2.49. The topological polar surface area (TPSA) is 43.8 Å². The van der Waals surface area contributed by atoms with E-state index < -0.39 is 0 Å². The fourth-order valence-electron chi connectivity index (χ4n) is 3.76. The van der Waals surface area contributed by atoms with E-state index in [1.54, 1.807) is 5.56 Å². The van der Waals surface area contributed by atoms with E-state index in [0.29, 0.717) is 6.54 Å². The molecule has 2 aliphatic rings. The van der Waals surface area contributed by atoms with Gasteiger partial charge in [-0.15, -0.1) is 0 Å². The first-order chi connectivity index (χ1) is 9.86. The van der Waals surface area contributed by atoms with Crippen LogP contribution in [0, 0.1) is 0 Å². The maximum Gasteiger partial charge on any atom is 0.0718 e. The Kier molecular flexibility index (Phi) is 2.88. The Labute approximate surface area is 119 Å². The van der Waals surface area contributed by atoms with E-state index in [0.717, 1.165) is 19.4 Å². The Morgan fingerprint density at radius 2 is 2.00 bits per heavy atom. The van der Waals surface area contributed by atoms with Crippen LogP contribution in [0.4, 0.5) is 0 Å². The van der Waals surface area contributed by atoms with Crippen molar-refractivity contribution in [3.8, 4) is 11.1 Å². The van der Waals surface area contributed by atoms with Crippen LogP contribution in [0.15, 0.2) is 18.2 Å². The van der Waals surface area contributed by atoms with E-state index in [1.807, 2.05) is 0 Å². The lowest BCUT2D eigenvalue weighted by Gasteiger charge is -2.07. The molecule has 0 bridgehead atoms. The Morgan fingerprint density at radius 1 is 1.10 bits per heavy atom. The molecular weight excluding hydrogens is 246 g/mol. The highest BCUT2D eigenvalue weighted by molar-refractivity contribution is 5.71. The minimum Gasteiger partial charge on any atom is -0.330 e. The molecule has 0 fully saturated rings. The molecule has 3 heteroatoms. The van der Waals surface area contributed by atoms with Gasteiger partial charge in [-0.05, 0) is 55.3 Å². The summed E-state index contributed by atoms with van der Waals surface area (Å²) in [5.41, 5.74) is 14.2. The summed E-state index contributed by atoms with van der Waals surface area (Å²) in [6.07, 6.45) is 7.05. The number of benzene rings is 1. The summed E-state index contributed by atoms with van der Waals surface area (Å²) in [5.74, 6) is 0. The average molecular weight is 267 g/mol. The van der Waals surface area contributed by atoms with Crippen molar-refractivity contribution in [2.45, 2.75) is 45.1 Å². The molecule has 104 valence electrons. The van der Waals surface area contributed by atoms with Crippen molar-refractivity contribution in [1.29, 1.82) is 0 Å². The van der Waals surface area contributed by atoms with Crippen molar-refractivity contribution in [2.75, 3.05) is 6.54 Å². The molecule has 1 aromatic heterocycles. The summed E-state index contributed by atoms with van der Waals surface area (Å²) in [4.78, 5) is 0. The Balaban J connectivity index is 1.84. The van der Waals surface area contributed by atoms with E-state index in [9.17, 15) is 0 Å². The van der Waals surface area contributed by atoms with Crippen LogP contribution in [0.5, 0.6) is 0 Å². The number of aryl methyl sites for hydroxylation is 3. The van der Waals surface area contributed by atoms with Crippen molar-refractivity contribution >= 4 is 0 Å². The van der Waals surface area contributed by atoms with E-state index in [2.05, 4.69) is 22.9 Å². The molecule has 2 N–H and O–H groups in total. The standard InChI is InChI=1S/C17H21N3/c18-9-8-15-17(16-5-2-10-20(16)19-15)14-7-6-12-3-1-4-13(12)11-14/h6-7,11H,1-5,8-10,18H2. The van der Waals surface area contributed by atoms with Crippen LogP contribution in [0.1, 0.15) is 35.4 Å². The van der Waals surface area contributed by atoms with Gasteiger partial charge in [0.15, 0.2) is 0 Å². The third kappa shape index (κ3) is 1.80. The van der Waals surface area contributed by atoms with Gasteiger partial charge in [-0.1, -0.05) is 18.2 Å². The van der Waals surface area contributed by atoms with Crippen LogP contribution < -0.4 is 5.73 Å². The van der Waals surface area contributed by atoms with Gasteiger partial charge in [0.25, 0.3) is 0 Å². The largest absolute Gasteiger partial charge is 0.330 e. The van der Waals surface area contributed by atoms with Crippen LogP contribution in [0.25, 0.3) is 11.1 Å². The summed E-state index contributed by atoms with van der Waals surface area (Å²) >= 11 is 0. The molecule has 0 unspecified atom stereocenters. The lowest BCUT2D eigenvalue weighted by Crippen LogP contribution is -2.05. The summed E-state index contributed by atoms with van der Waals surface area (Å²) in [7, 11) is 0. The van der Waals surface area contributed by atoms with Crippen LogP contribution in [0.3, 0.4) is 0 Å². The van der Waals surface area contributed by atoms with Crippen LogP contribution in [-0.4, -0.2) is 16.3 Å². The molecule has 0 spiro atoms. The normalized spacial score (nSPS) is 16.4. The zero-order valence-electron chi connectivity index (χ0n) is 11.9. The lowest BCUT2D eigenvalue weighted by atomic mass is 9.97. The molecule has 0 amide bonds. The van der Waals surface area contributed by atoms with Gasteiger partial charge < -0.3 is 5.73 Å². The third-order valence-electron chi connectivity index (χ3n) is 4.68. The maximum absolute atomic E-state index is 5.77. The fraction of sp³-hybridized carbons (Fsp3) is 0.471. The van der Waals surface area contributed by atoms with Crippen molar-refractivity contribution in [1.82, 2.24) is 9.78 Å². The van der Waals surface area contributed by atoms with Crippen LogP contribution >= 0.6 is 0 Å². The Hall–Kier alpha value is -1.61. The smallest absolute Gasteiger partial charge is 0.0718 e. The van der Waals surface area contributed by atoms with Gasteiger partial charge in [0.05, 0.1) is 5.69 Å². The number of hydrogen-bond acceptors (Lipinski definition) is 2. The molecule has 0 saturated heterocycles. The molecular formula is C17H21N3. The summed E-state index contributed by atoms with van der Waals surface area (Å²) in [6, 6.07) is 7.02. The Bertz CT molecular complexity index is 654. The van der Waals surface area contributed by atoms with Crippen molar-refractivity contribution in [3.63, 3.8) is 0 Å². The summed E-state index contributed by atoms with van der Waals surface area (Å²) < 4.78 is 2.20. The number of nitrogens with zero attached hydrogens (tertiary/aromatic N) is 2. The molecule has 0 atom stereocenters. The lowest BCUT2D eigenvalue weighted by molar-refractivity contribution is 0.643. The highest BCUT2D eigenvalue weighted by Gasteiger charge is 2.23. The van der Waals surface area contributed by atoms with E-state index in [-0.39, 0.29) is 0 Å². The first-order valence-corrected chi connectivity index (χ1v) is 7.77. The zero-order chi connectivity index (χ0) is 13.5. The first kappa shape index (κ1) is 12.2. The van der Waals surface area contributed by atoms with Gasteiger partial charge in [0.1, 0.15) is 0 Å². The molecule has 1 aromatic carbocycles. The number of rotatable bonds is 3. The molecule has 1 aliphatic carbocycles. The molecule has 2 aromatic rings. The minimum absolute atomic E-state index is 0.675. The molecule has 4 rings (SSSR count). The van der Waals surface area contributed by atoms with Gasteiger partial charge in [0, 0.05) is 24.2 Å². The number of fused-ring (bicyclic) bond motifs is 2. The minimum atomic E-state index is 0.675. The van der Waals surface area contributed by atoms with E-state index >= 15 is 0 Å². The van der Waals surface area contributed by atoms with Gasteiger partial charge in [0.2, 0.25) is 0 Å². The van der Waals surface area contributed by atoms with E-state index in [4.69, 9.17) is 10.8 Å². The zero-order valence-corrected chi connectivity index (χ0v) is 11.9. The van der Waals surface area contributed by atoms with Crippen LogP contribution in [-0.2, 0) is 32.2 Å². The highest BCUT2D eigenvalue weighted by atomic mass is 15.3. The molecule has 3 nitrogen and oxygen atoms in total. The summed E-state index contributed by atoms with van der Waals surface area (Å²) in [6.45, 7) is 1.74. The SMILES string of the molecule is NCCc1nn2c(c1-c1ccc3c(c1)CCC3)CCC2.